The van der Waals surface area contributed by atoms with Crippen molar-refractivity contribution in [2.24, 2.45) is 0 Å². The van der Waals surface area contributed by atoms with Crippen LogP contribution in [0, 0.1) is 5.82 Å². The van der Waals surface area contributed by atoms with Crippen molar-refractivity contribution in [1.82, 2.24) is 9.88 Å². The molecule has 0 radical (unpaired) electrons. The Bertz CT molecular complexity index is 980. The lowest BCUT2D eigenvalue weighted by Crippen LogP contribution is -2.27. The van der Waals surface area contributed by atoms with Gasteiger partial charge in [-0.3, -0.25) is 4.79 Å². The Labute approximate surface area is 151 Å². The Morgan fingerprint density at radius 2 is 1.81 bits per heavy atom. The first-order valence-electron chi connectivity index (χ1n) is 8.75. The zero-order valence-electron chi connectivity index (χ0n) is 15.3. The van der Waals surface area contributed by atoms with Crippen LogP contribution in [0.3, 0.4) is 0 Å². The highest BCUT2D eigenvalue weighted by Crippen LogP contribution is 2.25. The maximum Gasteiger partial charge on any atom is 0.197 e. The third-order valence-corrected chi connectivity index (χ3v) is 4.61. The molecule has 1 aromatic heterocycles. The molecule has 0 saturated heterocycles. The summed E-state index contributed by atoms with van der Waals surface area (Å²) in [7, 11) is 1.39. The summed E-state index contributed by atoms with van der Waals surface area (Å²) in [6.45, 7) is 7.61. The predicted molar refractivity (Wildman–Crippen MR) is 102 cm³/mol. The maximum atomic E-state index is 13.9. The maximum absolute atomic E-state index is 13.9. The number of likely N-dealkylation sites (N-methyl/N-ethyl adjacent to an activating group) is 1. The summed E-state index contributed by atoms with van der Waals surface area (Å²) in [4.78, 5) is 18.1. The van der Waals surface area contributed by atoms with Crippen LogP contribution in [0.1, 0.15) is 13.8 Å². The highest BCUT2D eigenvalue weighted by Gasteiger charge is 2.11. The molecule has 0 spiro atoms. The SMILES string of the molecule is CCN(CC)CCOc1ccc2c(=O)c3cc(F)c(OC)cc3[nH]c2c1. The van der Waals surface area contributed by atoms with E-state index >= 15 is 0 Å². The van der Waals surface area contributed by atoms with Crippen LogP contribution >= 0.6 is 0 Å². The number of hydrogen-bond acceptors (Lipinski definition) is 4. The number of fused-ring (bicyclic) bond motifs is 2. The van der Waals surface area contributed by atoms with Crippen molar-refractivity contribution in [1.29, 1.82) is 0 Å². The van der Waals surface area contributed by atoms with E-state index in [0.29, 0.717) is 34.2 Å². The molecule has 26 heavy (non-hydrogen) atoms. The largest absolute Gasteiger partial charge is 0.494 e. The fourth-order valence-electron chi connectivity index (χ4n) is 3.04. The fraction of sp³-hybridized carbons (Fsp3) is 0.350. The van der Waals surface area contributed by atoms with Crippen molar-refractivity contribution in [3.05, 3.63) is 46.4 Å². The molecule has 1 heterocycles. The van der Waals surface area contributed by atoms with Gasteiger partial charge in [0, 0.05) is 29.4 Å². The van der Waals surface area contributed by atoms with Gasteiger partial charge in [0.25, 0.3) is 0 Å². The number of benzene rings is 2. The molecule has 5 nitrogen and oxygen atoms in total. The minimum absolute atomic E-state index is 0.0964. The molecular formula is C20H23FN2O3. The second kappa shape index (κ2) is 7.74. The van der Waals surface area contributed by atoms with Crippen molar-refractivity contribution in [3.8, 4) is 11.5 Å². The summed E-state index contributed by atoms with van der Waals surface area (Å²) in [5.74, 6) is 0.231. The number of pyridine rings is 1. The van der Waals surface area contributed by atoms with Crippen molar-refractivity contribution >= 4 is 21.8 Å². The van der Waals surface area contributed by atoms with E-state index in [0.717, 1.165) is 19.6 Å². The molecule has 0 atom stereocenters. The summed E-state index contributed by atoms with van der Waals surface area (Å²) in [5, 5.41) is 0.796. The molecule has 0 bridgehead atoms. The molecule has 3 rings (SSSR count). The molecule has 0 unspecified atom stereocenters. The van der Waals surface area contributed by atoms with Gasteiger partial charge < -0.3 is 19.4 Å². The van der Waals surface area contributed by atoms with Gasteiger partial charge in [-0.1, -0.05) is 13.8 Å². The number of H-pyrrole nitrogens is 1. The summed E-state index contributed by atoms with van der Waals surface area (Å²) in [6.07, 6.45) is 0. The number of methoxy groups -OCH3 is 1. The Morgan fingerprint density at radius 3 is 2.50 bits per heavy atom. The molecule has 0 amide bonds. The van der Waals surface area contributed by atoms with E-state index < -0.39 is 5.82 Å². The molecule has 0 saturated carbocycles. The third-order valence-electron chi connectivity index (χ3n) is 4.61. The summed E-state index contributed by atoms with van der Waals surface area (Å²) in [6, 6.07) is 7.99. The predicted octanol–water partition coefficient (Wildman–Crippen LogP) is 3.55. The second-order valence-electron chi connectivity index (χ2n) is 6.07. The molecule has 0 fully saturated rings. The summed E-state index contributed by atoms with van der Waals surface area (Å²) < 4.78 is 24.7. The van der Waals surface area contributed by atoms with Crippen LogP contribution in [0.15, 0.2) is 35.1 Å². The first-order chi connectivity index (χ1) is 12.6. The molecule has 138 valence electrons. The quantitative estimate of drug-likeness (QED) is 0.656. The summed E-state index contributed by atoms with van der Waals surface area (Å²) in [5.41, 5.74) is 0.961. The Hall–Kier alpha value is -2.60. The highest BCUT2D eigenvalue weighted by atomic mass is 19.1. The molecule has 0 aliphatic rings. The first-order valence-corrected chi connectivity index (χ1v) is 8.75. The molecule has 1 N–H and O–H groups in total. The number of aromatic nitrogens is 1. The van der Waals surface area contributed by atoms with Gasteiger partial charge in [-0.05, 0) is 31.3 Å². The zero-order valence-corrected chi connectivity index (χ0v) is 15.3. The standard InChI is InChI=1S/C20H23FN2O3/c1-4-23(5-2)8-9-26-13-6-7-14-17(10-13)22-18-12-19(25-3)16(21)11-15(18)20(14)24/h6-7,10-12H,4-5,8-9H2,1-3H3,(H,22,24). The van der Waals surface area contributed by atoms with Gasteiger partial charge in [-0.25, -0.2) is 4.39 Å². The lowest BCUT2D eigenvalue weighted by Gasteiger charge is -2.18. The Morgan fingerprint density at radius 1 is 1.08 bits per heavy atom. The van der Waals surface area contributed by atoms with Crippen LogP contribution in [-0.4, -0.2) is 43.2 Å². The fourth-order valence-corrected chi connectivity index (χ4v) is 3.04. The average Bonchev–Trinajstić information content (AvgIpc) is 2.65. The minimum atomic E-state index is -0.554. The molecule has 2 aromatic carbocycles. The van der Waals surface area contributed by atoms with Crippen molar-refractivity contribution in [2.75, 3.05) is 33.4 Å². The Kier molecular flexibility index (Phi) is 5.42. The topological polar surface area (TPSA) is 54.6 Å². The van der Waals surface area contributed by atoms with Gasteiger partial charge in [-0.15, -0.1) is 0 Å². The van der Waals surface area contributed by atoms with E-state index in [2.05, 4.69) is 23.7 Å². The smallest absolute Gasteiger partial charge is 0.197 e. The molecule has 0 aliphatic carbocycles. The zero-order chi connectivity index (χ0) is 18.7. The van der Waals surface area contributed by atoms with Gasteiger partial charge >= 0.3 is 0 Å². The van der Waals surface area contributed by atoms with Crippen LogP contribution < -0.4 is 14.9 Å². The van der Waals surface area contributed by atoms with Gasteiger partial charge in [0.1, 0.15) is 12.4 Å². The monoisotopic (exact) mass is 358 g/mol. The second-order valence-corrected chi connectivity index (χ2v) is 6.07. The highest BCUT2D eigenvalue weighted by molar-refractivity contribution is 5.93. The number of nitrogens with one attached hydrogen (secondary N) is 1. The van der Waals surface area contributed by atoms with Gasteiger partial charge in [0.05, 0.1) is 18.1 Å². The Balaban J connectivity index is 1.95. The number of aromatic amines is 1. The number of nitrogens with zero attached hydrogens (tertiary/aromatic N) is 1. The van der Waals surface area contributed by atoms with E-state index in [1.54, 1.807) is 18.2 Å². The van der Waals surface area contributed by atoms with Crippen molar-refractivity contribution in [2.45, 2.75) is 13.8 Å². The number of halogens is 1. The van der Waals surface area contributed by atoms with Crippen molar-refractivity contribution in [3.63, 3.8) is 0 Å². The number of ether oxygens (including phenoxy) is 2. The van der Waals surface area contributed by atoms with Crippen LogP contribution in [0.4, 0.5) is 4.39 Å². The van der Waals surface area contributed by atoms with E-state index in [9.17, 15) is 9.18 Å². The third kappa shape index (κ3) is 3.51. The van der Waals surface area contributed by atoms with Crippen molar-refractivity contribution < 1.29 is 13.9 Å². The van der Waals surface area contributed by atoms with Gasteiger partial charge in [0.2, 0.25) is 0 Å². The normalized spacial score (nSPS) is 11.4. The first kappa shape index (κ1) is 18.2. The van der Waals surface area contributed by atoms with E-state index in [-0.39, 0.29) is 11.2 Å². The average molecular weight is 358 g/mol. The van der Waals surface area contributed by atoms with Gasteiger partial charge in [-0.2, -0.15) is 0 Å². The molecular weight excluding hydrogens is 335 g/mol. The van der Waals surface area contributed by atoms with Crippen LogP contribution in [0.2, 0.25) is 0 Å². The van der Waals surface area contributed by atoms with Crippen LogP contribution in [0.25, 0.3) is 21.8 Å². The molecule has 3 aromatic rings. The lowest BCUT2D eigenvalue weighted by atomic mass is 10.1. The van der Waals surface area contributed by atoms with E-state index in [4.69, 9.17) is 9.47 Å². The van der Waals surface area contributed by atoms with Gasteiger partial charge in [0.15, 0.2) is 17.0 Å². The van der Waals surface area contributed by atoms with E-state index in [1.165, 1.54) is 19.2 Å². The molecule has 0 aliphatic heterocycles. The molecule has 6 heteroatoms. The number of hydrogen-bond donors (Lipinski definition) is 1. The van der Waals surface area contributed by atoms with Crippen LogP contribution in [0.5, 0.6) is 11.5 Å². The lowest BCUT2D eigenvalue weighted by molar-refractivity contribution is 0.223. The minimum Gasteiger partial charge on any atom is -0.494 e. The summed E-state index contributed by atoms with van der Waals surface area (Å²) >= 11 is 0. The van der Waals surface area contributed by atoms with E-state index in [1.807, 2.05) is 0 Å². The van der Waals surface area contributed by atoms with Crippen LogP contribution in [-0.2, 0) is 0 Å². The number of rotatable bonds is 7.